The standard InChI is InChI=1S/C20H15N5O4/c1-2-20(28)13-8-15-16-11(7-10-5-3-4-6-14(10)22-16)17(23-24-21)25(15)18(26)12(13)9-29-19(20)27/h3-8,17,28H,2,9H2,1H3/t17-,20+/m1/s1. The van der Waals surface area contributed by atoms with Gasteiger partial charge >= 0.3 is 5.97 Å². The van der Waals surface area contributed by atoms with Crippen LogP contribution in [0.5, 0.6) is 0 Å². The first kappa shape index (κ1) is 17.4. The SMILES string of the molecule is CC[C@@]1(O)C(=O)OCc2c1cc1n(c2=O)[C@@H](N=[N+]=[N-])c2cc3ccccc3nc2-1. The number of para-hydroxylation sites is 1. The molecule has 4 heterocycles. The van der Waals surface area contributed by atoms with Crippen molar-refractivity contribution in [1.29, 1.82) is 0 Å². The van der Waals surface area contributed by atoms with Crippen LogP contribution in [0.2, 0.25) is 0 Å². The number of ether oxygens (including phenoxy) is 1. The first-order valence-corrected chi connectivity index (χ1v) is 9.12. The van der Waals surface area contributed by atoms with E-state index in [1.54, 1.807) is 13.0 Å². The molecule has 3 aromatic rings. The highest BCUT2D eigenvalue weighted by Crippen LogP contribution is 2.43. The fraction of sp³-hybridized carbons (Fsp3) is 0.250. The predicted molar refractivity (Wildman–Crippen MR) is 103 cm³/mol. The number of aliphatic hydroxyl groups is 1. The number of fused-ring (bicyclic) bond motifs is 5. The molecule has 2 aliphatic heterocycles. The molecule has 2 aromatic heterocycles. The van der Waals surface area contributed by atoms with Gasteiger partial charge in [-0.25, -0.2) is 9.78 Å². The van der Waals surface area contributed by atoms with Gasteiger partial charge in [-0.3, -0.25) is 9.36 Å². The molecular weight excluding hydrogens is 374 g/mol. The zero-order chi connectivity index (χ0) is 20.3. The molecule has 0 saturated heterocycles. The van der Waals surface area contributed by atoms with Crippen LogP contribution in [0.15, 0.2) is 46.3 Å². The fourth-order valence-corrected chi connectivity index (χ4v) is 4.14. The molecule has 0 saturated carbocycles. The number of hydrogen-bond donors (Lipinski definition) is 1. The topological polar surface area (TPSA) is 130 Å². The highest BCUT2D eigenvalue weighted by Gasteiger charge is 2.46. The van der Waals surface area contributed by atoms with Crippen molar-refractivity contribution in [2.75, 3.05) is 0 Å². The van der Waals surface area contributed by atoms with Crippen molar-refractivity contribution >= 4 is 16.9 Å². The Labute approximate surface area is 163 Å². The number of hydrogen-bond acceptors (Lipinski definition) is 6. The number of azide groups is 1. The summed E-state index contributed by atoms with van der Waals surface area (Å²) in [6, 6.07) is 10.9. The molecule has 0 amide bonds. The normalized spacial score (nSPS) is 21.7. The summed E-state index contributed by atoms with van der Waals surface area (Å²) in [4.78, 5) is 33.1. The van der Waals surface area contributed by atoms with Crippen molar-refractivity contribution < 1.29 is 14.6 Å². The van der Waals surface area contributed by atoms with Crippen LogP contribution in [0.4, 0.5) is 0 Å². The number of pyridine rings is 2. The van der Waals surface area contributed by atoms with Crippen LogP contribution < -0.4 is 5.56 Å². The third-order valence-electron chi connectivity index (χ3n) is 5.67. The first-order valence-electron chi connectivity index (χ1n) is 9.12. The average Bonchev–Trinajstić information content (AvgIpc) is 3.03. The smallest absolute Gasteiger partial charge is 0.343 e. The Kier molecular flexibility index (Phi) is 3.55. The second kappa shape index (κ2) is 5.91. The van der Waals surface area contributed by atoms with Crippen molar-refractivity contribution in [1.82, 2.24) is 9.55 Å². The Morgan fingerprint density at radius 3 is 2.93 bits per heavy atom. The Bertz CT molecular complexity index is 1320. The molecular formula is C20H15N5O4. The number of benzene rings is 1. The zero-order valence-electron chi connectivity index (χ0n) is 15.4. The molecule has 1 aromatic carbocycles. The Hall–Kier alpha value is -3.68. The van der Waals surface area contributed by atoms with Crippen LogP contribution in [0, 0.1) is 0 Å². The second-order valence-corrected chi connectivity index (χ2v) is 7.08. The number of carbonyl (C=O) groups excluding carboxylic acids is 1. The lowest BCUT2D eigenvalue weighted by molar-refractivity contribution is -0.172. The lowest BCUT2D eigenvalue weighted by Crippen LogP contribution is -2.44. The van der Waals surface area contributed by atoms with Crippen LogP contribution >= 0.6 is 0 Å². The quantitative estimate of drug-likeness (QED) is 0.312. The van der Waals surface area contributed by atoms with Gasteiger partial charge in [0.15, 0.2) is 5.60 Å². The summed E-state index contributed by atoms with van der Waals surface area (Å²) in [6.07, 6.45) is -0.855. The van der Waals surface area contributed by atoms with Crippen molar-refractivity contribution in [3.63, 3.8) is 0 Å². The largest absolute Gasteiger partial charge is 0.458 e. The number of cyclic esters (lactones) is 1. The molecule has 5 rings (SSSR count). The number of carbonyl (C=O) groups is 1. The van der Waals surface area contributed by atoms with E-state index in [0.717, 1.165) is 10.9 Å². The molecule has 0 bridgehead atoms. The van der Waals surface area contributed by atoms with Crippen LogP contribution in [-0.4, -0.2) is 20.6 Å². The highest BCUT2D eigenvalue weighted by molar-refractivity contribution is 5.86. The summed E-state index contributed by atoms with van der Waals surface area (Å²) < 4.78 is 6.42. The zero-order valence-corrected chi connectivity index (χ0v) is 15.4. The van der Waals surface area contributed by atoms with Gasteiger partial charge in [-0.15, -0.1) is 0 Å². The van der Waals surface area contributed by atoms with Crippen molar-refractivity contribution in [3.05, 3.63) is 73.9 Å². The summed E-state index contributed by atoms with van der Waals surface area (Å²) >= 11 is 0. The third-order valence-corrected chi connectivity index (χ3v) is 5.67. The molecule has 0 fully saturated rings. The Morgan fingerprint density at radius 2 is 2.17 bits per heavy atom. The Morgan fingerprint density at radius 1 is 1.38 bits per heavy atom. The van der Waals surface area contributed by atoms with Gasteiger partial charge in [0.1, 0.15) is 12.8 Å². The van der Waals surface area contributed by atoms with E-state index in [0.29, 0.717) is 17.0 Å². The van der Waals surface area contributed by atoms with Gasteiger partial charge in [0, 0.05) is 21.4 Å². The maximum atomic E-state index is 13.3. The minimum Gasteiger partial charge on any atom is -0.458 e. The molecule has 9 nitrogen and oxygen atoms in total. The van der Waals surface area contributed by atoms with Crippen LogP contribution in [-0.2, 0) is 21.7 Å². The van der Waals surface area contributed by atoms with Crippen molar-refractivity contribution in [3.8, 4) is 11.4 Å². The average molecular weight is 389 g/mol. The second-order valence-electron chi connectivity index (χ2n) is 7.08. The van der Waals surface area contributed by atoms with E-state index in [1.165, 1.54) is 4.57 Å². The van der Waals surface area contributed by atoms with E-state index in [-0.39, 0.29) is 24.2 Å². The fourth-order valence-electron chi connectivity index (χ4n) is 4.14. The van der Waals surface area contributed by atoms with E-state index < -0.39 is 23.3 Å². The lowest BCUT2D eigenvalue weighted by atomic mass is 9.86. The number of aromatic nitrogens is 2. The summed E-state index contributed by atoms with van der Waals surface area (Å²) in [5.41, 5.74) is 9.29. The van der Waals surface area contributed by atoms with Crippen LogP contribution in [0.1, 0.15) is 36.2 Å². The maximum absolute atomic E-state index is 13.3. The van der Waals surface area contributed by atoms with Crippen LogP contribution in [0.25, 0.3) is 32.7 Å². The van der Waals surface area contributed by atoms with E-state index in [4.69, 9.17) is 10.3 Å². The molecule has 0 unspecified atom stereocenters. The van der Waals surface area contributed by atoms with Crippen molar-refractivity contribution in [2.45, 2.75) is 31.7 Å². The van der Waals surface area contributed by atoms with Crippen LogP contribution in [0.3, 0.4) is 0 Å². The molecule has 2 atom stereocenters. The predicted octanol–water partition coefficient (Wildman–Crippen LogP) is 2.89. The molecule has 29 heavy (non-hydrogen) atoms. The van der Waals surface area contributed by atoms with Gasteiger partial charge in [0.25, 0.3) is 5.56 Å². The van der Waals surface area contributed by atoms with Gasteiger partial charge in [-0.2, -0.15) is 0 Å². The Balaban J connectivity index is 1.89. The van der Waals surface area contributed by atoms with Gasteiger partial charge in [0.2, 0.25) is 0 Å². The van der Waals surface area contributed by atoms with Gasteiger partial charge in [0.05, 0.1) is 22.5 Å². The molecule has 1 N–H and O–H groups in total. The molecule has 0 radical (unpaired) electrons. The molecule has 0 aliphatic carbocycles. The molecule has 144 valence electrons. The summed E-state index contributed by atoms with van der Waals surface area (Å²) in [7, 11) is 0. The van der Waals surface area contributed by atoms with Gasteiger partial charge in [-0.05, 0) is 30.2 Å². The minimum atomic E-state index is -1.91. The first-order chi connectivity index (χ1) is 14.0. The lowest BCUT2D eigenvalue weighted by Gasteiger charge is -2.32. The maximum Gasteiger partial charge on any atom is 0.343 e. The summed E-state index contributed by atoms with van der Waals surface area (Å²) in [5.74, 6) is -0.784. The molecule has 2 aliphatic rings. The number of nitrogens with zero attached hydrogens (tertiary/aromatic N) is 5. The van der Waals surface area contributed by atoms with E-state index >= 15 is 0 Å². The number of rotatable bonds is 2. The van der Waals surface area contributed by atoms with Gasteiger partial charge in [-0.1, -0.05) is 30.2 Å². The molecule has 0 spiro atoms. The van der Waals surface area contributed by atoms with Crippen molar-refractivity contribution in [2.24, 2.45) is 5.11 Å². The summed E-state index contributed by atoms with van der Waals surface area (Å²) in [5, 5.41) is 15.6. The summed E-state index contributed by atoms with van der Waals surface area (Å²) in [6.45, 7) is 1.40. The highest BCUT2D eigenvalue weighted by atomic mass is 16.6. The van der Waals surface area contributed by atoms with Gasteiger partial charge < -0.3 is 9.84 Å². The monoisotopic (exact) mass is 389 g/mol. The minimum absolute atomic E-state index is 0.0551. The van der Waals surface area contributed by atoms with E-state index in [2.05, 4.69) is 15.0 Å². The number of esters is 1. The molecule has 9 heteroatoms. The third kappa shape index (κ3) is 2.19. The van der Waals surface area contributed by atoms with E-state index in [1.807, 2.05) is 30.3 Å². The van der Waals surface area contributed by atoms with E-state index in [9.17, 15) is 14.7 Å².